The summed E-state index contributed by atoms with van der Waals surface area (Å²) in [4.78, 5) is 0. The van der Waals surface area contributed by atoms with Crippen molar-refractivity contribution >= 4 is 0 Å². The summed E-state index contributed by atoms with van der Waals surface area (Å²) in [6.45, 7) is 6.06. The third kappa shape index (κ3) is 3.83. The molecule has 52 valence electrons. The van der Waals surface area contributed by atoms with E-state index in [4.69, 9.17) is 0 Å². The van der Waals surface area contributed by atoms with Crippen LogP contribution in [0.15, 0.2) is 24.0 Å². The van der Waals surface area contributed by atoms with Gasteiger partial charge in [-0.2, -0.15) is 0 Å². The number of dihydropyridines is 1. The topological polar surface area (TPSA) is 12.0 Å². The Morgan fingerprint density at radius 3 is 2.33 bits per heavy atom. The first-order valence-corrected chi connectivity index (χ1v) is 3.48. The summed E-state index contributed by atoms with van der Waals surface area (Å²) < 4.78 is 0. The minimum absolute atomic E-state index is 1.08. The van der Waals surface area contributed by atoms with E-state index in [1.807, 2.05) is 20.0 Å². The first-order chi connectivity index (χ1) is 4.39. The van der Waals surface area contributed by atoms with Crippen LogP contribution in [0.3, 0.4) is 0 Å². The smallest absolute Gasteiger partial charge is 0.00773 e. The minimum atomic E-state index is 1.08. The summed E-state index contributed by atoms with van der Waals surface area (Å²) in [7, 11) is 0. The molecule has 0 atom stereocenters. The molecule has 0 unspecified atom stereocenters. The van der Waals surface area contributed by atoms with Crippen LogP contribution in [-0.4, -0.2) is 0 Å². The van der Waals surface area contributed by atoms with E-state index in [0.717, 1.165) is 6.42 Å². The Balaban J connectivity index is 0.000000291. The molecular weight excluding hydrogens is 110 g/mol. The molecule has 1 nitrogen and oxygen atoms in total. The summed E-state index contributed by atoms with van der Waals surface area (Å²) in [6, 6.07) is 0. The highest BCUT2D eigenvalue weighted by molar-refractivity contribution is 5.08. The van der Waals surface area contributed by atoms with Gasteiger partial charge in [0, 0.05) is 5.70 Å². The second-order valence-electron chi connectivity index (χ2n) is 1.67. The summed E-state index contributed by atoms with van der Waals surface area (Å²) in [5.41, 5.74) is 1.25. The molecule has 0 aliphatic carbocycles. The first-order valence-electron chi connectivity index (χ1n) is 3.48. The van der Waals surface area contributed by atoms with Crippen molar-refractivity contribution in [2.45, 2.75) is 27.2 Å². The van der Waals surface area contributed by atoms with E-state index >= 15 is 0 Å². The van der Waals surface area contributed by atoms with E-state index in [1.165, 1.54) is 5.70 Å². The molecule has 0 fully saturated rings. The van der Waals surface area contributed by atoms with Crippen molar-refractivity contribution in [1.82, 2.24) is 5.32 Å². The van der Waals surface area contributed by atoms with Crippen molar-refractivity contribution in [1.29, 1.82) is 0 Å². The third-order valence-electron chi connectivity index (χ3n) is 0.989. The lowest BCUT2D eigenvalue weighted by Gasteiger charge is -2.02. The molecule has 9 heavy (non-hydrogen) atoms. The van der Waals surface area contributed by atoms with Gasteiger partial charge in [0.05, 0.1) is 0 Å². The molecule has 1 rings (SSSR count). The van der Waals surface area contributed by atoms with Crippen molar-refractivity contribution in [2.75, 3.05) is 0 Å². The van der Waals surface area contributed by atoms with Crippen LogP contribution < -0.4 is 5.32 Å². The quantitative estimate of drug-likeness (QED) is 0.524. The fourth-order valence-electron chi connectivity index (χ4n) is 0.562. The maximum Gasteiger partial charge on any atom is 0.00773 e. The van der Waals surface area contributed by atoms with E-state index < -0.39 is 0 Å². The second-order valence-corrected chi connectivity index (χ2v) is 1.67. The highest BCUT2D eigenvalue weighted by Gasteiger charge is 1.84. The molecule has 1 N–H and O–H groups in total. The molecule has 0 radical (unpaired) electrons. The summed E-state index contributed by atoms with van der Waals surface area (Å²) in [5, 5.41) is 3.06. The molecule has 1 heteroatoms. The standard InChI is InChI=1S/C6H9N.C2H6/c1-6-4-2-3-5-7-6;1-2/h3-5,7H,2H2,1H3;1-2H3. The lowest BCUT2D eigenvalue weighted by Crippen LogP contribution is -2.02. The molecule has 0 amide bonds. The Labute approximate surface area is 57.5 Å². The van der Waals surface area contributed by atoms with E-state index in [9.17, 15) is 0 Å². The van der Waals surface area contributed by atoms with Gasteiger partial charge in [0.25, 0.3) is 0 Å². The van der Waals surface area contributed by atoms with Gasteiger partial charge >= 0.3 is 0 Å². The van der Waals surface area contributed by atoms with Gasteiger partial charge in [0.15, 0.2) is 0 Å². The Bertz CT molecular complexity index is 112. The fourth-order valence-corrected chi connectivity index (χ4v) is 0.562. The minimum Gasteiger partial charge on any atom is -0.366 e. The fraction of sp³-hybridized carbons (Fsp3) is 0.500. The number of allylic oxidation sites excluding steroid dienone is 3. The molecule has 0 saturated carbocycles. The molecule has 1 aliphatic rings. The number of nitrogens with one attached hydrogen (secondary N) is 1. The maximum absolute atomic E-state index is 3.06. The zero-order valence-corrected chi connectivity index (χ0v) is 6.44. The second kappa shape index (κ2) is 5.42. The number of hydrogen-bond acceptors (Lipinski definition) is 1. The Kier molecular flexibility index (Phi) is 4.98. The Hall–Kier alpha value is -0.720. The monoisotopic (exact) mass is 125 g/mol. The van der Waals surface area contributed by atoms with E-state index in [1.54, 1.807) is 0 Å². The van der Waals surface area contributed by atoms with Crippen molar-refractivity contribution in [3.63, 3.8) is 0 Å². The van der Waals surface area contributed by atoms with Gasteiger partial charge in [-0.15, -0.1) is 0 Å². The third-order valence-corrected chi connectivity index (χ3v) is 0.989. The predicted octanol–water partition coefficient (Wildman–Crippen LogP) is 2.42. The molecular formula is C8H15N. The van der Waals surface area contributed by atoms with Crippen molar-refractivity contribution in [3.05, 3.63) is 24.0 Å². The highest BCUT2D eigenvalue weighted by atomic mass is 14.8. The number of hydrogen-bond donors (Lipinski definition) is 1. The maximum atomic E-state index is 3.06. The van der Waals surface area contributed by atoms with Crippen LogP contribution in [0.25, 0.3) is 0 Å². The lowest BCUT2D eigenvalue weighted by atomic mass is 10.3. The Morgan fingerprint density at radius 1 is 1.44 bits per heavy atom. The van der Waals surface area contributed by atoms with E-state index in [2.05, 4.69) is 24.4 Å². The summed E-state index contributed by atoms with van der Waals surface area (Å²) >= 11 is 0. The van der Waals surface area contributed by atoms with Gasteiger partial charge in [-0.3, -0.25) is 0 Å². The predicted molar refractivity (Wildman–Crippen MR) is 42.0 cm³/mol. The van der Waals surface area contributed by atoms with Crippen LogP contribution >= 0.6 is 0 Å². The molecule has 0 spiro atoms. The SMILES string of the molecule is CC.CC1=CCC=CN1. The van der Waals surface area contributed by atoms with Gasteiger partial charge in [0.1, 0.15) is 0 Å². The van der Waals surface area contributed by atoms with Crippen LogP contribution in [0.2, 0.25) is 0 Å². The zero-order chi connectivity index (χ0) is 7.11. The van der Waals surface area contributed by atoms with E-state index in [-0.39, 0.29) is 0 Å². The van der Waals surface area contributed by atoms with Gasteiger partial charge in [-0.05, 0) is 19.5 Å². The first kappa shape index (κ1) is 8.28. The van der Waals surface area contributed by atoms with Gasteiger partial charge in [-0.25, -0.2) is 0 Å². The summed E-state index contributed by atoms with van der Waals surface area (Å²) in [5.74, 6) is 0. The molecule has 0 aromatic heterocycles. The normalized spacial score (nSPS) is 14.8. The lowest BCUT2D eigenvalue weighted by molar-refractivity contribution is 1.000. The Morgan fingerprint density at radius 2 is 2.11 bits per heavy atom. The van der Waals surface area contributed by atoms with E-state index in [0.29, 0.717) is 0 Å². The largest absolute Gasteiger partial charge is 0.366 e. The van der Waals surface area contributed by atoms with Crippen LogP contribution in [0, 0.1) is 0 Å². The van der Waals surface area contributed by atoms with Crippen LogP contribution in [-0.2, 0) is 0 Å². The molecule has 0 aromatic carbocycles. The highest BCUT2D eigenvalue weighted by Crippen LogP contribution is 1.96. The van der Waals surface area contributed by atoms with Crippen LogP contribution in [0.4, 0.5) is 0 Å². The molecule has 0 aromatic rings. The van der Waals surface area contributed by atoms with Gasteiger partial charge < -0.3 is 5.32 Å². The average Bonchev–Trinajstić information content (AvgIpc) is 1.94. The van der Waals surface area contributed by atoms with Gasteiger partial charge in [0.2, 0.25) is 0 Å². The molecule has 0 saturated heterocycles. The van der Waals surface area contributed by atoms with Gasteiger partial charge in [-0.1, -0.05) is 26.0 Å². The molecule has 0 bridgehead atoms. The van der Waals surface area contributed by atoms with Crippen molar-refractivity contribution < 1.29 is 0 Å². The summed E-state index contributed by atoms with van der Waals surface area (Å²) in [6.07, 6.45) is 7.29. The molecule has 1 aliphatic heterocycles. The zero-order valence-electron chi connectivity index (χ0n) is 6.44. The molecule has 1 heterocycles. The van der Waals surface area contributed by atoms with Crippen molar-refractivity contribution in [2.24, 2.45) is 0 Å². The van der Waals surface area contributed by atoms with Crippen LogP contribution in [0.1, 0.15) is 27.2 Å². The van der Waals surface area contributed by atoms with Crippen molar-refractivity contribution in [3.8, 4) is 0 Å². The number of rotatable bonds is 0. The average molecular weight is 125 g/mol. The van der Waals surface area contributed by atoms with Crippen LogP contribution in [0.5, 0.6) is 0 Å².